The number of methoxy groups -OCH3 is 2. The smallest absolute Gasteiger partial charge is 0.158 e. The number of carbonyl (C=O) groups is 1. The molecule has 0 bridgehead atoms. The topological polar surface area (TPSA) is 90.3 Å². The van der Waals surface area contributed by atoms with Gasteiger partial charge >= 0.3 is 0 Å². The normalized spacial score (nSPS) is 22.1. The second kappa shape index (κ2) is 12.8. The summed E-state index contributed by atoms with van der Waals surface area (Å²) in [5.74, 6) is 1.54. The number of amidine groups is 1. The summed E-state index contributed by atoms with van der Waals surface area (Å²) in [6.45, 7) is 0.654. The fraction of sp³-hybridized carbons (Fsp3) is 0.440. The minimum Gasteiger partial charge on any atom is -0.497 e. The van der Waals surface area contributed by atoms with E-state index in [2.05, 4.69) is 0 Å². The van der Waals surface area contributed by atoms with Gasteiger partial charge in [0.2, 0.25) is 0 Å². The van der Waals surface area contributed by atoms with Crippen molar-refractivity contribution in [2.75, 3.05) is 28.3 Å². The Morgan fingerprint density at radius 3 is 2.00 bits per heavy atom. The third-order valence-corrected chi connectivity index (χ3v) is 6.59. The zero-order chi connectivity index (χ0) is 24.5. The molecule has 0 amide bonds. The first-order chi connectivity index (χ1) is 16.4. The van der Waals surface area contributed by atoms with Crippen LogP contribution in [0.3, 0.4) is 0 Å². The van der Waals surface area contributed by atoms with Crippen LogP contribution in [-0.2, 0) is 32.2 Å². The first-order valence-electron chi connectivity index (χ1n) is 11.0. The molecule has 0 radical (unpaired) electrons. The predicted molar refractivity (Wildman–Crippen MR) is 131 cm³/mol. The third-order valence-electron chi connectivity index (χ3n) is 5.43. The summed E-state index contributed by atoms with van der Waals surface area (Å²) in [6.07, 6.45) is -0.538. The largest absolute Gasteiger partial charge is 0.497 e. The fourth-order valence-electron chi connectivity index (χ4n) is 3.46. The van der Waals surface area contributed by atoms with Crippen molar-refractivity contribution in [2.24, 2.45) is 0 Å². The van der Waals surface area contributed by atoms with Crippen LogP contribution in [0, 0.1) is 5.41 Å². The van der Waals surface area contributed by atoms with E-state index in [0.29, 0.717) is 24.8 Å². The number of hydrogen-bond donors (Lipinski definition) is 1. The molecular formula is C25H32N2O6S. The third kappa shape index (κ3) is 7.20. The number of benzene rings is 2. The van der Waals surface area contributed by atoms with Crippen LogP contribution in [0.25, 0.3) is 0 Å². The summed E-state index contributed by atoms with van der Waals surface area (Å²) >= 11 is 1.26. The summed E-state index contributed by atoms with van der Waals surface area (Å²) in [4.78, 5) is 13.7. The molecule has 0 aliphatic carbocycles. The summed E-state index contributed by atoms with van der Waals surface area (Å²) < 4.78 is 28.8. The first kappa shape index (κ1) is 26.0. The number of ether oxygens (including phenoxy) is 5. The summed E-state index contributed by atoms with van der Waals surface area (Å²) in [6, 6.07) is 15.2. The van der Waals surface area contributed by atoms with E-state index in [1.54, 1.807) is 33.2 Å². The van der Waals surface area contributed by atoms with Crippen molar-refractivity contribution in [1.29, 1.82) is 5.41 Å². The molecule has 0 aromatic heterocycles. The number of rotatable bonds is 10. The summed E-state index contributed by atoms with van der Waals surface area (Å²) in [5.41, 5.74) is 1.53. The van der Waals surface area contributed by atoms with Crippen LogP contribution in [0.5, 0.6) is 11.5 Å². The van der Waals surface area contributed by atoms with E-state index in [1.807, 2.05) is 48.5 Å². The highest BCUT2D eigenvalue weighted by molar-refractivity contribution is 8.14. The zero-order valence-corrected chi connectivity index (χ0v) is 20.7. The van der Waals surface area contributed by atoms with Gasteiger partial charge < -0.3 is 33.4 Å². The average Bonchev–Trinajstić information content (AvgIpc) is 2.86. The lowest BCUT2D eigenvalue weighted by molar-refractivity contribution is -0.188. The molecule has 0 spiro atoms. The van der Waals surface area contributed by atoms with Crippen LogP contribution < -0.4 is 9.47 Å². The molecular weight excluding hydrogens is 456 g/mol. The first-order valence-corrected chi connectivity index (χ1v) is 11.8. The Bertz CT molecular complexity index is 922. The van der Waals surface area contributed by atoms with E-state index >= 15 is 0 Å². The van der Waals surface area contributed by atoms with Crippen molar-refractivity contribution in [1.82, 2.24) is 4.90 Å². The molecule has 2 aromatic carbocycles. The highest BCUT2D eigenvalue weighted by Gasteiger charge is 2.41. The molecule has 2 aromatic rings. The van der Waals surface area contributed by atoms with E-state index in [9.17, 15) is 4.79 Å². The highest BCUT2D eigenvalue weighted by Crippen LogP contribution is 2.32. The monoisotopic (exact) mass is 488 g/mol. The van der Waals surface area contributed by atoms with Crippen molar-refractivity contribution in [3.05, 3.63) is 59.7 Å². The number of thioether (sulfide) groups is 1. The molecule has 1 aliphatic heterocycles. The predicted octanol–water partition coefficient (Wildman–Crippen LogP) is 3.72. The maximum absolute atomic E-state index is 12.0. The highest BCUT2D eigenvalue weighted by atomic mass is 32.2. The Balaban J connectivity index is 1.72. The van der Waals surface area contributed by atoms with Crippen molar-refractivity contribution >= 4 is 23.2 Å². The van der Waals surface area contributed by atoms with Gasteiger partial charge in [-0.05, 0) is 35.4 Å². The SMILES string of the molecule is COc1ccc(CO[C@@H]2[C@@H](C=O)O[C@H](SC(=N)N(C)C)C[C@H]2OCc2ccc(OC)cc2)cc1. The molecule has 1 N–H and O–H groups in total. The lowest BCUT2D eigenvalue weighted by Crippen LogP contribution is -2.51. The van der Waals surface area contributed by atoms with Crippen LogP contribution in [0.2, 0.25) is 0 Å². The van der Waals surface area contributed by atoms with Gasteiger partial charge in [0.15, 0.2) is 11.5 Å². The summed E-state index contributed by atoms with van der Waals surface area (Å²) in [5, 5.41) is 8.49. The Morgan fingerprint density at radius 1 is 1.00 bits per heavy atom. The molecule has 34 heavy (non-hydrogen) atoms. The van der Waals surface area contributed by atoms with Crippen LogP contribution >= 0.6 is 11.8 Å². The van der Waals surface area contributed by atoms with Crippen molar-refractivity contribution in [3.63, 3.8) is 0 Å². The minimum absolute atomic E-state index is 0.302. The molecule has 8 nitrogen and oxygen atoms in total. The Morgan fingerprint density at radius 2 is 1.53 bits per heavy atom. The van der Waals surface area contributed by atoms with Gasteiger partial charge in [-0.2, -0.15) is 0 Å². The fourth-order valence-corrected chi connectivity index (χ4v) is 4.39. The van der Waals surface area contributed by atoms with Gasteiger partial charge in [-0.3, -0.25) is 5.41 Å². The van der Waals surface area contributed by atoms with Gasteiger partial charge in [0.1, 0.15) is 29.1 Å². The Kier molecular flexibility index (Phi) is 9.76. The lowest BCUT2D eigenvalue weighted by Gasteiger charge is -2.39. The van der Waals surface area contributed by atoms with E-state index in [1.165, 1.54) is 11.8 Å². The second-order valence-corrected chi connectivity index (χ2v) is 9.19. The molecule has 1 fully saturated rings. The molecule has 0 saturated carbocycles. The zero-order valence-electron chi connectivity index (χ0n) is 19.9. The molecule has 1 aliphatic rings. The number of hydrogen-bond acceptors (Lipinski definition) is 8. The molecule has 1 heterocycles. The van der Waals surface area contributed by atoms with Crippen molar-refractivity contribution < 1.29 is 28.5 Å². The molecule has 3 rings (SSSR count). The van der Waals surface area contributed by atoms with Gasteiger partial charge in [-0.15, -0.1) is 0 Å². The van der Waals surface area contributed by atoms with Gasteiger partial charge in [0.05, 0.1) is 33.5 Å². The average molecular weight is 489 g/mol. The summed E-state index contributed by atoms with van der Waals surface area (Å²) in [7, 11) is 6.84. The van der Waals surface area contributed by atoms with Gasteiger partial charge in [-0.25, -0.2) is 0 Å². The van der Waals surface area contributed by atoms with Crippen LogP contribution in [0.1, 0.15) is 17.5 Å². The minimum atomic E-state index is -0.805. The number of nitrogens with one attached hydrogen (secondary N) is 1. The standard InChI is InChI=1S/C25H32N2O6S/c1-27(2)25(26)34-23-13-21(31-15-17-5-9-19(29-3)10-6-17)24(22(14-28)33-23)32-16-18-7-11-20(30-4)12-8-18/h5-12,14,21-24,26H,13,15-16H2,1-4H3/t21-,22-,23-,24+/m1/s1. The van der Waals surface area contributed by atoms with Crippen molar-refractivity contribution in [2.45, 2.75) is 43.4 Å². The van der Waals surface area contributed by atoms with E-state index in [-0.39, 0.29) is 0 Å². The molecule has 184 valence electrons. The molecule has 0 unspecified atom stereocenters. The van der Waals surface area contributed by atoms with E-state index < -0.39 is 23.7 Å². The van der Waals surface area contributed by atoms with Gasteiger partial charge in [0, 0.05) is 20.5 Å². The quantitative estimate of drug-likeness (QED) is 0.308. The Hall–Kier alpha value is -2.59. The number of nitrogens with zero attached hydrogens (tertiary/aromatic N) is 1. The lowest BCUT2D eigenvalue weighted by atomic mass is 10.0. The number of aldehydes is 1. The van der Waals surface area contributed by atoms with E-state index in [4.69, 9.17) is 29.1 Å². The van der Waals surface area contributed by atoms with E-state index in [0.717, 1.165) is 28.9 Å². The maximum Gasteiger partial charge on any atom is 0.158 e. The second-order valence-electron chi connectivity index (χ2n) is 8.04. The van der Waals surface area contributed by atoms with Crippen LogP contribution in [0.15, 0.2) is 48.5 Å². The van der Waals surface area contributed by atoms with Gasteiger partial charge in [-0.1, -0.05) is 36.0 Å². The number of carbonyl (C=O) groups excluding carboxylic acids is 1. The van der Waals surface area contributed by atoms with Crippen molar-refractivity contribution in [3.8, 4) is 11.5 Å². The molecule has 9 heteroatoms. The van der Waals surface area contributed by atoms with Gasteiger partial charge in [0.25, 0.3) is 0 Å². The maximum atomic E-state index is 12.0. The molecule has 4 atom stereocenters. The molecule has 1 saturated heterocycles. The van der Waals surface area contributed by atoms with Crippen LogP contribution in [-0.4, -0.2) is 68.4 Å². The Labute approximate surface area is 205 Å². The van der Waals surface area contributed by atoms with Crippen LogP contribution in [0.4, 0.5) is 0 Å².